The fourth-order valence-electron chi connectivity index (χ4n) is 3.08. The number of halogens is 4. The van der Waals surface area contributed by atoms with Crippen molar-refractivity contribution in [3.8, 4) is 5.75 Å². The Morgan fingerprint density at radius 1 is 1.34 bits per heavy atom. The minimum atomic E-state index is -2.89. The van der Waals surface area contributed by atoms with Gasteiger partial charge in [0.25, 0.3) is 0 Å². The summed E-state index contributed by atoms with van der Waals surface area (Å²) in [6.45, 7) is 3.67. The summed E-state index contributed by atoms with van der Waals surface area (Å²) >= 11 is 6.00. The molecule has 0 unspecified atom stereocenters. The summed E-state index contributed by atoms with van der Waals surface area (Å²) in [5, 5.41) is 7.09. The van der Waals surface area contributed by atoms with Crippen molar-refractivity contribution in [3.05, 3.63) is 28.8 Å². The van der Waals surface area contributed by atoms with E-state index < -0.39 is 6.61 Å². The zero-order valence-corrected chi connectivity index (χ0v) is 19.9. The van der Waals surface area contributed by atoms with Gasteiger partial charge in [-0.05, 0) is 38.0 Å². The highest BCUT2D eigenvalue weighted by atomic mass is 127. The number of aliphatic imine (C=N–C) groups is 1. The Labute approximate surface area is 193 Å². The molecule has 0 aromatic heterocycles. The molecule has 2 rings (SSSR count). The zero-order chi connectivity index (χ0) is 20.4. The predicted octanol–water partition coefficient (Wildman–Crippen LogP) is 3.73. The summed E-state index contributed by atoms with van der Waals surface area (Å²) in [6, 6.07) is 4.87. The van der Waals surface area contributed by atoms with Gasteiger partial charge in [-0.2, -0.15) is 8.78 Å². The monoisotopic (exact) mass is 546 g/mol. The van der Waals surface area contributed by atoms with Crippen LogP contribution in [0.5, 0.6) is 5.75 Å². The van der Waals surface area contributed by atoms with Crippen LogP contribution in [0.4, 0.5) is 8.78 Å². The van der Waals surface area contributed by atoms with Crippen LogP contribution in [-0.2, 0) is 11.3 Å². The molecule has 0 atom stereocenters. The van der Waals surface area contributed by atoms with Gasteiger partial charge in [-0.15, -0.1) is 24.0 Å². The first-order chi connectivity index (χ1) is 13.5. The van der Waals surface area contributed by atoms with E-state index >= 15 is 0 Å². The van der Waals surface area contributed by atoms with E-state index in [4.69, 9.17) is 16.3 Å². The van der Waals surface area contributed by atoms with E-state index in [1.54, 1.807) is 13.2 Å². The van der Waals surface area contributed by atoms with E-state index in [9.17, 15) is 8.78 Å². The third-order valence-electron chi connectivity index (χ3n) is 4.53. The number of nitrogens with one attached hydrogen (secondary N) is 2. The van der Waals surface area contributed by atoms with E-state index in [0.717, 1.165) is 39.1 Å². The van der Waals surface area contributed by atoms with Crippen molar-refractivity contribution < 1.29 is 18.3 Å². The van der Waals surface area contributed by atoms with Gasteiger partial charge in [-0.25, -0.2) is 4.99 Å². The highest BCUT2D eigenvalue weighted by molar-refractivity contribution is 14.0. The van der Waals surface area contributed by atoms with Crippen molar-refractivity contribution in [2.24, 2.45) is 4.99 Å². The molecule has 1 saturated heterocycles. The Kier molecular flexibility index (Phi) is 12.8. The Bertz CT molecular complexity index is 632. The number of nitrogens with zero attached hydrogens (tertiary/aromatic N) is 2. The first kappa shape index (κ1) is 26.1. The molecule has 1 aliphatic rings. The lowest BCUT2D eigenvalue weighted by atomic mass is 10.1. The number of alkyl halides is 2. The highest BCUT2D eigenvalue weighted by Gasteiger charge is 2.19. The lowest BCUT2D eigenvalue weighted by Gasteiger charge is -2.32. The quantitative estimate of drug-likeness (QED) is 0.281. The number of ether oxygens (including phenoxy) is 2. The molecule has 1 aromatic rings. The molecule has 0 bridgehead atoms. The molecule has 1 fully saturated rings. The Morgan fingerprint density at radius 2 is 2.07 bits per heavy atom. The minimum absolute atomic E-state index is 0. The van der Waals surface area contributed by atoms with Crippen LogP contribution in [0.1, 0.15) is 25.3 Å². The number of methoxy groups -OCH3 is 1. The van der Waals surface area contributed by atoms with E-state index in [0.29, 0.717) is 29.1 Å². The molecule has 0 saturated carbocycles. The molecular formula is C19H30ClF2IN4O2. The average molecular weight is 547 g/mol. The molecule has 0 aliphatic carbocycles. The van der Waals surface area contributed by atoms with Gasteiger partial charge in [0.15, 0.2) is 5.96 Å². The molecular weight excluding hydrogens is 517 g/mol. The SMILES string of the molecule is CCNC(=NCc1cc(Cl)ccc1OC(F)F)NC1CCN(CCOC)CC1.I. The minimum Gasteiger partial charge on any atom is -0.434 e. The Hall–Kier alpha value is -0.910. The van der Waals surface area contributed by atoms with Crippen molar-refractivity contribution >= 4 is 41.5 Å². The molecule has 0 spiro atoms. The molecule has 0 amide bonds. The molecule has 166 valence electrons. The molecule has 1 aliphatic heterocycles. The lowest BCUT2D eigenvalue weighted by molar-refractivity contribution is -0.0504. The Balaban J connectivity index is 0.00000420. The van der Waals surface area contributed by atoms with Crippen LogP contribution < -0.4 is 15.4 Å². The van der Waals surface area contributed by atoms with Crippen molar-refractivity contribution in [1.82, 2.24) is 15.5 Å². The summed E-state index contributed by atoms with van der Waals surface area (Å²) in [5.74, 6) is 0.742. The second kappa shape index (κ2) is 14.2. The van der Waals surface area contributed by atoms with Gasteiger partial charge in [0.2, 0.25) is 0 Å². The van der Waals surface area contributed by atoms with Crippen LogP contribution in [0.3, 0.4) is 0 Å². The van der Waals surface area contributed by atoms with Crippen LogP contribution in [0.25, 0.3) is 0 Å². The summed E-state index contributed by atoms with van der Waals surface area (Å²) in [4.78, 5) is 6.91. The number of hydrogen-bond acceptors (Lipinski definition) is 4. The van der Waals surface area contributed by atoms with Crippen LogP contribution in [-0.4, -0.2) is 63.4 Å². The van der Waals surface area contributed by atoms with Crippen LogP contribution >= 0.6 is 35.6 Å². The summed E-state index contributed by atoms with van der Waals surface area (Å²) in [7, 11) is 1.71. The van der Waals surface area contributed by atoms with Crippen molar-refractivity contribution in [3.63, 3.8) is 0 Å². The van der Waals surface area contributed by atoms with Gasteiger partial charge in [0, 0.05) is 49.9 Å². The summed E-state index contributed by atoms with van der Waals surface area (Å²) in [6.07, 6.45) is 2.01. The van der Waals surface area contributed by atoms with E-state index in [1.165, 1.54) is 12.1 Å². The van der Waals surface area contributed by atoms with Crippen molar-refractivity contribution in [2.75, 3.05) is 39.9 Å². The van der Waals surface area contributed by atoms with Gasteiger partial charge in [-0.1, -0.05) is 11.6 Å². The van der Waals surface area contributed by atoms with Gasteiger partial charge in [0.05, 0.1) is 13.2 Å². The first-order valence-electron chi connectivity index (χ1n) is 9.51. The van der Waals surface area contributed by atoms with E-state index in [1.807, 2.05) is 6.92 Å². The van der Waals surface area contributed by atoms with Gasteiger partial charge in [-0.3, -0.25) is 0 Å². The number of benzene rings is 1. The molecule has 1 heterocycles. The van der Waals surface area contributed by atoms with Gasteiger partial charge >= 0.3 is 6.61 Å². The first-order valence-corrected chi connectivity index (χ1v) is 9.89. The van der Waals surface area contributed by atoms with Crippen molar-refractivity contribution in [2.45, 2.75) is 39.0 Å². The number of guanidine groups is 1. The number of likely N-dealkylation sites (tertiary alicyclic amines) is 1. The molecule has 6 nitrogen and oxygen atoms in total. The standard InChI is InChI=1S/C19H29ClF2N4O2.HI/c1-3-23-19(25-16-6-8-26(9-7-16)10-11-27-2)24-13-14-12-15(20)4-5-17(14)28-18(21)22;/h4-5,12,16,18H,3,6-11,13H2,1-2H3,(H2,23,24,25);1H. The average Bonchev–Trinajstić information content (AvgIpc) is 2.67. The molecule has 0 radical (unpaired) electrons. The van der Waals surface area contributed by atoms with E-state index in [2.05, 4.69) is 25.3 Å². The van der Waals surface area contributed by atoms with Crippen LogP contribution in [0.15, 0.2) is 23.2 Å². The maximum atomic E-state index is 12.6. The summed E-state index contributed by atoms with van der Waals surface area (Å²) < 4.78 is 34.9. The maximum Gasteiger partial charge on any atom is 0.387 e. The van der Waals surface area contributed by atoms with Crippen molar-refractivity contribution in [1.29, 1.82) is 0 Å². The normalized spacial score (nSPS) is 15.9. The molecule has 10 heteroatoms. The van der Waals surface area contributed by atoms with Crippen LogP contribution in [0.2, 0.25) is 5.02 Å². The highest BCUT2D eigenvalue weighted by Crippen LogP contribution is 2.25. The third kappa shape index (κ3) is 9.63. The fraction of sp³-hybridized carbons (Fsp3) is 0.632. The van der Waals surface area contributed by atoms with Gasteiger partial charge < -0.3 is 25.0 Å². The summed E-state index contributed by atoms with van der Waals surface area (Å²) in [5.41, 5.74) is 0.513. The fourth-order valence-corrected chi connectivity index (χ4v) is 3.28. The second-order valence-electron chi connectivity index (χ2n) is 6.58. The lowest BCUT2D eigenvalue weighted by Crippen LogP contribution is -2.49. The molecule has 1 aromatic carbocycles. The molecule has 2 N–H and O–H groups in total. The largest absolute Gasteiger partial charge is 0.434 e. The number of piperidine rings is 1. The zero-order valence-electron chi connectivity index (χ0n) is 16.8. The molecule has 29 heavy (non-hydrogen) atoms. The Morgan fingerprint density at radius 3 is 2.69 bits per heavy atom. The second-order valence-corrected chi connectivity index (χ2v) is 7.02. The third-order valence-corrected chi connectivity index (χ3v) is 4.77. The smallest absolute Gasteiger partial charge is 0.387 e. The topological polar surface area (TPSA) is 58.1 Å². The number of hydrogen-bond donors (Lipinski definition) is 2. The number of rotatable bonds is 9. The maximum absolute atomic E-state index is 12.6. The predicted molar refractivity (Wildman–Crippen MR) is 123 cm³/mol. The van der Waals surface area contributed by atoms with Crippen LogP contribution in [0, 0.1) is 0 Å². The van der Waals surface area contributed by atoms with E-state index in [-0.39, 0.29) is 36.3 Å². The van der Waals surface area contributed by atoms with Gasteiger partial charge in [0.1, 0.15) is 5.75 Å².